The Morgan fingerprint density at radius 3 is 2.90 bits per heavy atom. The normalized spacial score (nSPS) is 15.0. The summed E-state index contributed by atoms with van der Waals surface area (Å²) >= 11 is 1.54. The van der Waals surface area contributed by atoms with Crippen LogP contribution in [-0.2, 0) is 4.79 Å². The number of fused-ring (bicyclic) bond motifs is 1. The van der Waals surface area contributed by atoms with Crippen molar-refractivity contribution in [1.82, 2.24) is 0 Å². The van der Waals surface area contributed by atoms with Crippen LogP contribution in [0.2, 0.25) is 0 Å². The maximum absolute atomic E-state index is 11.4. The highest BCUT2D eigenvalue weighted by molar-refractivity contribution is 8.00. The lowest BCUT2D eigenvalue weighted by atomic mass is 10.1. The zero-order valence-electron chi connectivity index (χ0n) is 11.6. The highest BCUT2D eigenvalue weighted by atomic mass is 32.2. The number of nitrogens with one attached hydrogen (secondary N) is 2. The second-order valence-electron chi connectivity index (χ2n) is 4.97. The van der Waals surface area contributed by atoms with E-state index >= 15 is 0 Å². The molecule has 0 aliphatic carbocycles. The minimum atomic E-state index is -0.0313. The lowest BCUT2D eigenvalue weighted by Crippen LogP contribution is -2.18. The SMILES string of the molecule is CC(Nc1ccc2c(c1)NC(=O)CS2)c1ccccc1O. The summed E-state index contributed by atoms with van der Waals surface area (Å²) in [4.78, 5) is 12.5. The Kier molecular flexibility index (Phi) is 3.75. The summed E-state index contributed by atoms with van der Waals surface area (Å²) in [6, 6.07) is 13.2. The molecule has 4 nitrogen and oxygen atoms in total. The standard InChI is InChI=1S/C16H16N2O2S/c1-10(12-4-2-3-5-14(12)19)17-11-6-7-15-13(8-11)18-16(20)9-21-15/h2-8,10,17,19H,9H2,1H3,(H,18,20). The minimum Gasteiger partial charge on any atom is -0.508 e. The summed E-state index contributed by atoms with van der Waals surface area (Å²) in [5.74, 6) is 0.770. The molecule has 1 unspecified atom stereocenters. The molecular weight excluding hydrogens is 284 g/mol. The third-order valence-corrected chi connectivity index (χ3v) is 4.47. The van der Waals surface area contributed by atoms with Crippen LogP contribution in [0.15, 0.2) is 47.4 Å². The second-order valence-corrected chi connectivity index (χ2v) is 5.99. The number of hydrogen-bond acceptors (Lipinski definition) is 4. The summed E-state index contributed by atoms with van der Waals surface area (Å²) in [6.07, 6.45) is 0. The van der Waals surface area contributed by atoms with Gasteiger partial charge in [0.15, 0.2) is 0 Å². The van der Waals surface area contributed by atoms with E-state index < -0.39 is 0 Å². The Balaban J connectivity index is 1.81. The Labute approximate surface area is 127 Å². The zero-order valence-corrected chi connectivity index (χ0v) is 12.4. The average Bonchev–Trinajstić information content (AvgIpc) is 2.47. The molecule has 1 aliphatic heterocycles. The molecule has 1 amide bonds. The van der Waals surface area contributed by atoms with Crippen LogP contribution >= 0.6 is 11.8 Å². The van der Waals surface area contributed by atoms with Crippen molar-refractivity contribution < 1.29 is 9.90 Å². The van der Waals surface area contributed by atoms with Crippen molar-refractivity contribution >= 4 is 29.0 Å². The number of anilines is 2. The van der Waals surface area contributed by atoms with E-state index in [9.17, 15) is 9.90 Å². The number of carbonyl (C=O) groups excluding carboxylic acids is 1. The van der Waals surface area contributed by atoms with Gasteiger partial charge in [-0.15, -0.1) is 11.8 Å². The zero-order chi connectivity index (χ0) is 14.8. The molecule has 0 saturated carbocycles. The average molecular weight is 300 g/mol. The van der Waals surface area contributed by atoms with Gasteiger partial charge < -0.3 is 15.7 Å². The molecule has 21 heavy (non-hydrogen) atoms. The van der Waals surface area contributed by atoms with E-state index in [1.807, 2.05) is 37.3 Å². The number of thioether (sulfide) groups is 1. The van der Waals surface area contributed by atoms with Crippen LogP contribution in [-0.4, -0.2) is 16.8 Å². The van der Waals surface area contributed by atoms with Crippen LogP contribution in [0.3, 0.4) is 0 Å². The van der Waals surface area contributed by atoms with Gasteiger partial charge in [0.1, 0.15) is 5.75 Å². The van der Waals surface area contributed by atoms with E-state index in [0.717, 1.165) is 21.8 Å². The molecule has 0 bridgehead atoms. The number of phenolic OH excluding ortho intramolecular Hbond substituents is 1. The molecule has 0 spiro atoms. The number of benzene rings is 2. The predicted molar refractivity (Wildman–Crippen MR) is 85.9 cm³/mol. The molecule has 0 aromatic heterocycles. The van der Waals surface area contributed by atoms with E-state index in [-0.39, 0.29) is 17.7 Å². The van der Waals surface area contributed by atoms with Gasteiger partial charge in [-0.3, -0.25) is 4.79 Å². The third-order valence-electron chi connectivity index (χ3n) is 3.40. The van der Waals surface area contributed by atoms with E-state index in [1.54, 1.807) is 23.9 Å². The highest BCUT2D eigenvalue weighted by Crippen LogP contribution is 2.34. The van der Waals surface area contributed by atoms with E-state index in [1.165, 1.54) is 0 Å². The molecule has 5 heteroatoms. The van der Waals surface area contributed by atoms with Gasteiger partial charge in [-0.1, -0.05) is 18.2 Å². The predicted octanol–water partition coefficient (Wildman–Crippen LogP) is 3.61. The first kappa shape index (κ1) is 13.8. The molecule has 1 atom stereocenters. The Hall–Kier alpha value is -2.14. The maximum Gasteiger partial charge on any atom is 0.234 e. The number of phenols is 1. The topological polar surface area (TPSA) is 61.4 Å². The van der Waals surface area contributed by atoms with Crippen LogP contribution in [0, 0.1) is 0 Å². The molecule has 108 valence electrons. The van der Waals surface area contributed by atoms with Gasteiger partial charge in [0, 0.05) is 16.1 Å². The Morgan fingerprint density at radius 1 is 1.29 bits per heavy atom. The maximum atomic E-state index is 11.4. The Bertz CT molecular complexity index is 688. The molecule has 2 aromatic carbocycles. The van der Waals surface area contributed by atoms with Crippen molar-refractivity contribution in [1.29, 1.82) is 0 Å². The van der Waals surface area contributed by atoms with Crippen molar-refractivity contribution in [3.63, 3.8) is 0 Å². The minimum absolute atomic E-state index is 0.0263. The number of rotatable bonds is 3. The largest absolute Gasteiger partial charge is 0.508 e. The van der Waals surface area contributed by atoms with Gasteiger partial charge in [0.25, 0.3) is 0 Å². The van der Waals surface area contributed by atoms with Crippen LogP contribution in [0.5, 0.6) is 5.75 Å². The fourth-order valence-electron chi connectivity index (χ4n) is 2.35. The van der Waals surface area contributed by atoms with Crippen molar-refractivity contribution in [2.24, 2.45) is 0 Å². The second kappa shape index (κ2) is 5.69. The highest BCUT2D eigenvalue weighted by Gasteiger charge is 2.16. The van der Waals surface area contributed by atoms with E-state index in [0.29, 0.717) is 5.75 Å². The van der Waals surface area contributed by atoms with Crippen molar-refractivity contribution in [3.05, 3.63) is 48.0 Å². The monoisotopic (exact) mass is 300 g/mol. The van der Waals surface area contributed by atoms with Crippen LogP contribution in [0.25, 0.3) is 0 Å². The van der Waals surface area contributed by atoms with Crippen LogP contribution in [0.1, 0.15) is 18.5 Å². The van der Waals surface area contributed by atoms with Gasteiger partial charge in [0.05, 0.1) is 17.5 Å². The Morgan fingerprint density at radius 2 is 2.10 bits per heavy atom. The number of carbonyl (C=O) groups is 1. The van der Waals surface area contributed by atoms with Crippen LogP contribution in [0.4, 0.5) is 11.4 Å². The molecule has 3 rings (SSSR count). The van der Waals surface area contributed by atoms with Crippen molar-refractivity contribution in [3.8, 4) is 5.75 Å². The van der Waals surface area contributed by atoms with Gasteiger partial charge in [0.2, 0.25) is 5.91 Å². The third kappa shape index (κ3) is 2.97. The fraction of sp³-hybridized carbons (Fsp3) is 0.188. The summed E-state index contributed by atoms with van der Waals surface area (Å²) in [5, 5.41) is 16.1. The summed E-state index contributed by atoms with van der Waals surface area (Å²) in [5.41, 5.74) is 2.59. The number of aromatic hydroxyl groups is 1. The van der Waals surface area contributed by atoms with Crippen molar-refractivity contribution in [2.45, 2.75) is 17.9 Å². The van der Waals surface area contributed by atoms with E-state index in [2.05, 4.69) is 10.6 Å². The number of para-hydroxylation sites is 1. The number of hydrogen-bond donors (Lipinski definition) is 3. The van der Waals surface area contributed by atoms with Gasteiger partial charge in [-0.25, -0.2) is 0 Å². The molecule has 1 aliphatic rings. The van der Waals surface area contributed by atoms with Gasteiger partial charge >= 0.3 is 0 Å². The van der Waals surface area contributed by atoms with Gasteiger partial charge in [-0.2, -0.15) is 0 Å². The lowest BCUT2D eigenvalue weighted by molar-refractivity contribution is -0.113. The molecule has 3 N–H and O–H groups in total. The first-order chi connectivity index (χ1) is 10.1. The van der Waals surface area contributed by atoms with E-state index in [4.69, 9.17) is 0 Å². The summed E-state index contributed by atoms with van der Waals surface area (Å²) < 4.78 is 0. The summed E-state index contributed by atoms with van der Waals surface area (Å²) in [6.45, 7) is 1.99. The van der Waals surface area contributed by atoms with Crippen LogP contribution < -0.4 is 10.6 Å². The fourth-order valence-corrected chi connectivity index (χ4v) is 3.14. The molecule has 0 fully saturated rings. The molecule has 0 saturated heterocycles. The quantitative estimate of drug-likeness (QED) is 0.810. The van der Waals surface area contributed by atoms with Gasteiger partial charge in [-0.05, 0) is 31.2 Å². The number of amides is 1. The summed E-state index contributed by atoms with van der Waals surface area (Å²) in [7, 11) is 0. The first-order valence-electron chi connectivity index (χ1n) is 6.74. The molecular formula is C16H16N2O2S. The first-order valence-corrected chi connectivity index (χ1v) is 7.73. The molecule has 2 aromatic rings. The lowest BCUT2D eigenvalue weighted by Gasteiger charge is -2.20. The molecule has 0 radical (unpaired) electrons. The van der Waals surface area contributed by atoms with Crippen molar-refractivity contribution in [2.75, 3.05) is 16.4 Å². The molecule has 1 heterocycles. The smallest absolute Gasteiger partial charge is 0.234 e.